The quantitative estimate of drug-likeness (QED) is 0.899. The first kappa shape index (κ1) is 15.6. The van der Waals surface area contributed by atoms with Crippen LogP contribution in [0.2, 0.25) is 0 Å². The number of hydrogen-bond acceptors (Lipinski definition) is 3. The van der Waals surface area contributed by atoms with Crippen molar-refractivity contribution in [2.75, 3.05) is 25.0 Å². The highest BCUT2D eigenvalue weighted by molar-refractivity contribution is 5.53. The Labute approximate surface area is 122 Å². The van der Waals surface area contributed by atoms with Gasteiger partial charge in [-0.15, -0.1) is 0 Å². The normalized spacial score (nSPS) is 22.6. The van der Waals surface area contributed by atoms with Crippen LogP contribution in [-0.2, 0) is 6.18 Å². The van der Waals surface area contributed by atoms with Crippen LogP contribution in [0.15, 0.2) is 18.2 Å². The van der Waals surface area contributed by atoms with Crippen molar-refractivity contribution in [1.82, 2.24) is 5.32 Å². The third-order valence-electron chi connectivity index (χ3n) is 3.85. The lowest BCUT2D eigenvalue weighted by Crippen LogP contribution is -2.42. The van der Waals surface area contributed by atoms with Gasteiger partial charge in [-0.1, -0.05) is 6.92 Å². The Kier molecular flexibility index (Phi) is 4.43. The number of nitrogens with zero attached hydrogens (tertiary/aromatic N) is 1. The average Bonchev–Trinajstić information content (AvgIpc) is 2.45. The molecule has 0 amide bonds. The summed E-state index contributed by atoms with van der Waals surface area (Å²) >= 11 is 0. The summed E-state index contributed by atoms with van der Waals surface area (Å²) in [6, 6.07) is 5.33. The summed E-state index contributed by atoms with van der Waals surface area (Å²) in [5.41, 5.74) is -0.807. The zero-order chi connectivity index (χ0) is 15.5. The molecule has 1 aliphatic heterocycles. The molecule has 1 saturated heterocycles. The van der Waals surface area contributed by atoms with Gasteiger partial charge in [0.1, 0.15) is 0 Å². The number of anilines is 1. The van der Waals surface area contributed by atoms with E-state index in [-0.39, 0.29) is 11.0 Å². The fourth-order valence-electron chi connectivity index (χ4n) is 2.57. The van der Waals surface area contributed by atoms with Gasteiger partial charge in [0.2, 0.25) is 0 Å². The van der Waals surface area contributed by atoms with Crippen LogP contribution >= 0.6 is 0 Å². The fourth-order valence-corrected chi connectivity index (χ4v) is 2.57. The first-order valence-electron chi connectivity index (χ1n) is 6.90. The largest absolute Gasteiger partial charge is 0.417 e. The zero-order valence-corrected chi connectivity index (χ0v) is 11.8. The second-order valence-corrected chi connectivity index (χ2v) is 5.81. The molecule has 2 rings (SSSR count). The van der Waals surface area contributed by atoms with Crippen molar-refractivity contribution in [3.63, 3.8) is 0 Å². The van der Waals surface area contributed by atoms with Gasteiger partial charge >= 0.3 is 6.18 Å². The first-order chi connectivity index (χ1) is 9.84. The van der Waals surface area contributed by atoms with Gasteiger partial charge in [0.05, 0.1) is 17.2 Å². The molecule has 0 spiro atoms. The number of alkyl halides is 3. The minimum absolute atomic E-state index is 0.0323. The number of rotatable bonds is 3. The molecule has 0 aromatic heterocycles. The average molecular weight is 297 g/mol. The predicted octanol–water partition coefficient (Wildman–Crippen LogP) is 3.38. The van der Waals surface area contributed by atoms with E-state index in [1.165, 1.54) is 12.1 Å². The van der Waals surface area contributed by atoms with Crippen LogP contribution in [0.3, 0.4) is 0 Å². The van der Waals surface area contributed by atoms with Gasteiger partial charge in [-0.05, 0) is 43.0 Å². The summed E-state index contributed by atoms with van der Waals surface area (Å²) in [4.78, 5) is 0. The van der Waals surface area contributed by atoms with Gasteiger partial charge in [-0.2, -0.15) is 18.4 Å². The third kappa shape index (κ3) is 3.88. The molecule has 3 nitrogen and oxygen atoms in total. The molecule has 21 heavy (non-hydrogen) atoms. The number of nitrogens with one attached hydrogen (secondary N) is 2. The number of nitriles is 1. The fraction of sp³-hybridized carbons (Fsp3) is 0.533. The van der Waals surface area contributed by atoms with Crippen molar-refractivity contribution in [2.24, 2.45) is 5.41 Å². The molecule has 114 valence electrons. The predicted molar refractivity (Wildman–Crippen MR) is 74.9 cm³/mol. The van der Waals surface area contributed by atoms with Gasteiger partial charge in [0, 0.05) is 18.8 Å². The Morgan fingerprint density at radius 1 is 1.43 bits per heavy atom. The maximum absolute atomic E-state index is 12.9. The monoisotopic (exact) mass is 297 g/mol. The maximum Gasteiger partial charge on any atom is 0.417 e. The Balaban J connectivity index is 2.12. The molecule has 0 bridgehead atoms. The van der Waals surface area contributed by atoms with Gasteiger partial charge in [-0.3, -0.25) is 0 Å². The summed E-state index contributed by atoms with van der Waals surface area (Å²) in [6.45, 7) is 4.55. The second kappa shape index (κ2) is 5.94. The zero-order valence-electron chi connectivity index (χ0n) is 11.8. The van der Waals surface area contributed by atoms with Crippen molar-refractivity contribution < 1.29 is 13.2 Å². The van der Waals surface area contributed by atoms with E-state index < -0.39 is 11.7 Å². The molecule has 0 aliphatic carbocycles. The minimum Gasteiger partial charge on any atom is -0.384 e. The summed E-state index contributed by atoms with van der Waals surface area (Å²) in [6.07, 6.45) is -2.41. The molecular weight excluding hydrogens is 279 g/mol. The lowest BCUT2D eigenvalue weighted by atomic mass is 9.83. The van der Waals surface area contributed by atoms with E-state index in [0.29, 0.717) is 12.2 Å². The lowest BCUT2D eigenvalue weighted by Gasteiger charge is -2.34. The van der Waals surface area contributed by atoms with Gasteiger partial charge in [0.15, 0.2) is 0 Å². The second-order valence-electron chi connectivity index (χ2n) is 5.81. The smallest absolute Gasteiger partial charge is 0.384 e. The summed E-state index contributed by atoms with van der Waals surface area (Å²) in [5, 5.41) is 15.1. The van der Waals surface area contributed by atoms with Gasteiger partial charge in [-0.25, -0.2) is 0 Å². The molecule has 1 fully saturated rings. The Morgan fingerprint density at radius 3 is 2.76 bits per heavy atom. The molecule has 1 aliphatic rings. The Morgan fingerprint density at radius 2 is 2.19 bits per heavy atom. The van der Waals surface area contributed by atoms with Crippen LogP contribution in [0.4, 0.5) is 18.9 Å². The van der Waals surface area contributed by atoms with E-state index >= 15 is 0 Å². The van der Waals surface area contributed by atoms with Crippen LogP contribution in [0.25, 0.3) is 0 Å². The molecule has 1 aromatic rings. The Bertz CT molecular complexity index is 540. The van der Waals surface area contributed by atoms with E-state index in [0.717, 1.165) is 32.0 Å². The van der Waals surface area contributed by atoms with E-state index in [4.69, 9.17) is 5.26 Å². The minimum atomic E-state index is -4.51. The number of halogens is 3. The van der Waals surface area contributed by atoms with Crippen LogP contribution in [0.5, 0.6) is 0 Å². The molecule has 2 N–H and O–H groups in total. The van der Waals surface area contributed by atoms with Crippen LogP contribution in [0.1, 0.15) is 30.9 Å². The van der Waals surface area contributed by atoms with Crippen LogP contribution in [0, 0.1) is 16.7 Å². The van der Waals surface area contributed by atoms with Crippen molar-refractivity contribution in [3.05, 3.63) is 29.3 Å². The highest BCUT2D eigenvalue weighted by atomic mass is 19.4. The van der Waals surface area contributed by atoms with Crippen molar-refractivity contribution in [3.8, 4) is 6.07 Å². The summed E-state index contributed by atoms with van der Waals surface area (Å²) < 4.78 is 38.7. The Hall–Kier alpha value is -1.74. The molecule has 1 aromatic carbocycles. The van der Waals surface area contributed by atoms with E-state index in [1.54, 1.807) is 6.07 Å². The topological polar surface area (TPSA) is 47.9 Å². The first-order valence-corrected chi connectivity index (χ1v) is 6.90. The summed E-state index contributed by atoms with van der Waals surface area (Å²) in [7, 11) is 0. The summed E-state index contributed by atoms with van der Waals surface area (Å²) in [5.74, 6) is 0. The highest BCUT2D eigenvalue weighted by Gasteiger charge is 2.34. The molecule has 1 unspecified atom stereocenters. The lowest BCUT2D eigenvalue weighted by molar-refractivity contribution is -0.137. The van der Waals surface area contributed by atoms with Crippen LogP contribution in [-0.4, -0.2) is 19.6 Å². The number of piperidine rings is 1. The van der Waals surface area contributed by atoms with E-state index in [2.05, 4.69) is 17.6 Å². The third-order valence-corrected chi connectivity index (χ3v) is 3.85. The molecule has 1 atom stereocenters. The van der Waals surface area contributed by atoms with Gasteiger partial charge in [0.25, 0.3) is 0 Å². The maximum atomic E-state index is 12.9. The van der Waals surface area contributed by atoms with Crippen molar-refractivity contribution in [2.45, 2.75) is 25.9 Å². The molecule has 1 heterocycles. The van der Waals surface area contributed by atoms with Crippen molar-refractivity contribution in [1.29, 1.82) is 5.26 Å². The molecule has 0 saturated carbocycles. The van der Waals surface area contributed by atoms with Crippen LogP contribution < -0.4 is 10.6 Å². The highest BCUT2D eigenvalue weighted by Crippen LogP contribution is 2.34. The van der Waals surface area contributed by atoms with Gasteiger partial charge < -0.3 is 10.6 Å². The number of hydrogen-bond donors (Lipinski definition) is 2. The molecule has 0 radical (unpaired) electrons. The molecule has 6 heteroatoms. The van der Waals surface area contributed by atoms with E-state index in [9.17, 15) is 13.2 Å². The van der Waals surface area contributed by atoms with E-state index in [1.807, 2.05) is 0 Å². The standard InChI is InChI=1S/C15H18F3N3/c1-14(5-2-6-20-9-14)10-21-12-4-3-11(8-19)13(7-12)15(16,17)18/h3-4,7,20-21H,2,5-6,9-10H2,1H3. The molecular formula is C15H18F3N3. The SMILES string of the molecule is CC1(CNc2ccc(C#N)c(C(F)(F)F)c2)CCCNC1. The number of benzene rings is 1. The van der Waals surface area contributed by atoms with Crippen molar-refractivity contribution >= 4 is 5.69 Å².